The Hall–Kier alpha value is -1.96. The van der Waals surface area contributed by atoms with E-state index in [0.717, 1.165) is 18.6 Å². The van der Waals surface area contributed by atoms with Gasteiger partial charge in [0.15, 0.2) is 0 Å². The quantitative estimate of drug-likeness (QED) is 0.627. The number of phenolic OH excluding ortho intramolecular Hbond substituents is 1. The number of hydrogen-bond donors (Lipinski definition) is 1. The van der Waals surface area contributed by atoms with Gasteiger partial charge in [0.25, 0.3) is 0 Å². The fraction of sp³-hybridized carbons (Fsp3) is 0.538. The summed E-state index contributed by atoms with van der Waals surface area (Å²) >= 11 is 0. The maximum atomic E-state index is 9.84. The van der Waals surface area contributed by atoms with Crippen molar-refractivity contribution in [3.8, 4) is 11.5 Å². The third kappa shape index (κ3) is 2.39. The molecule has 0 bridgehead atoms. The summed E-state index contributed by atoms with van der Waals surface area (Å²) in [5.74, 6) is 1.43. The molecule has 0 radical (unpaired) electrons. The first kappa shape index (κ1) is 18.1. The lowest BCUT2D eigenvalue weighted by Gasteiger charge is -2.43. The van der Waals surface area contributed by atoms with E-state index in [1.807, 2.05) is 12.1 Å². The smallest absolute Gasteiger partial charge is 0.124 e. The minimum Gasteiger partial charge on any atom is -0.508 e. The molecule has 1 heterocycles. The van der Waals surface area contributed by atoms with E-state index >= 15 is 0 Å². The second kappa shape index (κ2) is 5.78. The van der Waals surface area contributed by atoms with Gasteiger partial charge in [-0.3, -0.25) is 0 Å². The molecule has 28 heavy (non-hydrogen) atoms. The molecule has 2 aromatic carbocycles. The Morgan fingerprint density at radius 3 is 2.14 bits per heavy atom. The van der Waals surface area contributed by atoms with Crippen molar-refractivity contribution in [1.29, 1.82) is 0 Å². The Kier molecular flexibility index (Phi) is 3.73. The molecule has 2 atom stereocenters. The van der Waals surface area contributed by atoms with E-state index in [2.05, 4.69) is 52.0 Å². The number of rotatable bonds is 1. The molecule has 2 unspecified atom stereocenters. The average molecular weight is 377 g/mol. The zero-order valence-electron chi connectivity index (χ0n) is 17.6. The number of benzene rings is 2. The molecule has 1 N–H and O–H groups in total. The first-order valence-electron chi connectivity index (χ1n) is 10.9. The molecule has 2 aromatic rings. The van der Waals surface area contributed by atoms with Crippen molar-refractivity contribution in [2.24, 2.45) is 0 Å². The molecular weight excluding hydrogens is 344 g/mol. The van der Waals surface area contributed by atoms with Crippen LogP contribution in [0.3, 0.4) is 0 Å². The lowest BCUT2D eigenvalue weighted by molar-refractivity contribution is 0.123. The highest BCUT2D eigenvalue weighted by Crippen LogP contribution is 2.57. The van der Waals surface area contributed by atoms with Gasteiger partial charge in [-0.1, -0.05) is 52.3 Å². The van der Waals surface area contributed by atoms with Gasteiger partial charge in [-0.05, 0) is 77.8 Å². The van der Waals surface area contributed by atoms with Gasteiger partial charge in [-0.25, -0.2) is 0 Å². The summed E-state index contributed by atoms with van der Waals surface area (Å²) in [7, 11) is 0. The lowest BCUT2D eigenvalue weighted by atomic mass is 9.60. The highest BCUT2D eigenvalue weighted by Gasteiger charge is 2.52. The van der Waals surface area contributed by atoms with Gasteiger partial charge in [0, 0.05) is 5.56 Å². The van der Waals surface area contributed by atoms with Crippen LogP contribution in [0.4, 0.5) is 0 Å². The van der Waals surface area contributed by atoms with Gasteiger partial charge in [0.1, 0.15) is 17.6 Å². The molecule has 0 saturated heterocycles. The SMILES string of the molecule is CC1(C)CCC(C)(C)c2cc3c(cc21)OC1CCCCC31c1ccc(O)cc1. The highest BCUT2D eigenvalue weighted by molar-refractivity contribution is 5.59. The van der Waals surface area contributed by atoms with Crippen molar-refractivity contribution in [2.75, 3.05) is 0 Å². The van der Waals surface area contributed by atoms with E-state index < -0.39 is 0 Å². The van der Waals surface area contributed by atoms with Gasteiger partial charge in [0.2, 0.25) is 0 Å². The number of ether oxygens (including phenoxy) is 1. The second-order valence-corrected chi connectivity index (χ2v) is 10.5. The van der Waals surface area contributed by atoms with Crippen molar-refractivity contribution < 1.29 is 9.84 Å². The number of hydrogen-bond acceptors (Lipinski definition) is 2. The zero-order chi connectivity index (χ0) is 19.7. The van der Waals surface area contributed by atoms with Crippen LogP contribution in [0.1, 0.15) is 88.5 Å². The maximum Gasteiger partial charge on any atom is 0.124 e. The molecule has 2 nitrogen and oxygen atoms in total. The third-order valence-corrected chi connectivity index (χ3v) is 7.92. The molecular formula is C26H32O2. The largest absolute Gasteiger partial charge is 0.508 e. The molecule has 0 spiro atoms. The minimum absolute atomic E-state index is 0.0754. The van der Waals surface area contributed by atoms with Crippen LogP contribution in [0.15, 0.2) is 36.4 Å². The number of fused-ring (bicyclic) bond motifs is 4. The molecule has 1 saturated carbocycles. The first-order valence-corrected chi connectivity index (χ1v) is 10.9. The highest BCUT2D eigenvalue weighted by atomic mass is 16.5. The van der Waals surface area contributed by atoms with Crippen LogP contribution >= 0.6 is 0 Å². The molecule has 5 rings (SSSR count). The van der Waals surface area contributed by atoms with Crippen molar-refractivity contribution in [3.63, 3.8) is 0 Å². The fourth-order valence-electron chi connectivity index (χ4n) is 6.05. The Bertz CT molecular complexity index is 922. The van der Waals surface area contributed by atoms with Crippen molar-refractivity contribution in [1.82, 2.24) is 0 Å². The van der Waals surface area contributed by atoms with Crippen LogP contribution in [-0.4, -0.2) is 11.2 Å². The Labute approximate surface area is 168 Å². The Morgan fingerprint density at radius 1 is 0.821 bits per heavy atom. The van der Waals surface area contributed by atoms with Crippen LogP contribution < -0.4 is 4.74 Å². The van der Waals surface area contributed by atoms with Crippen LogP contribution in [0, 0.1) is 0 Å². The van der Waals surface area contributed by atoms with E-state index in [0.29, 0.717) is 5.75 Å². The fourth-order valence-corrected chi connectivity index (χ4v) is 6.05. The number of phenols is 1. The molecule has 1 fully saturated rings. The molecule has 148 valence electrons. The first-order chi connectivity index (χ1) is 13.2. The van der Waals surface area contributed by atoms with Gasteiger partial charge in [0.05, 0.1) is 5.41 Å². The second-order valence-electron chi connectivity index (χ2n) is 10.5. The van der Waals surface area contributed by atoms with E-state index in [9.17, 15) is 5.11 Å². The van der Waals surface area contributed by atoms with Gasteiger partial charge >= 0.3 is 0 Å². The Morgan fingerprint density at radius 2 is 1.46 bits per heavy atom. The minimum atomic E-state index is -0.0754. The lowest BCUT2D eigenvalue weighted by Crippen LogP contribution is -2.42. The van der Waals surface area contributed by atoms with Crippen molar-refractivity contribution in [2.45, 2.75) is 88.6 Å². The van der Waals surface area contributed by atoms with Gasteiger partial charge < -0.3 is 9.84 Å². The van der Waals surface area contributed by atoms with Crippen LogP contribution in [-0.2, 0) is 16.2 Å². The summed E-state index contributed by atoms with van der Waals surface area (Å²) in [5, 5.41) is 9.84. The summed E-state index contributed by atoms with van der Waals surface area (Å²) in [6.45, 7) is 9.56. The van der Waals surface area contributed by atoms with Gasteiger partial charge in [-0.15, -0.1) is 0 Å². The normalized spacial score (nSPS) is 29.4. The van der Waals surface area contributed by atoms with Crippen molar-refractivity contribution >= 4 is 0 Å². The van der Waals surface area contributed by atoms with Gasteiger partial charge in [-0.2, -0.15) is 0 Å². The zero-order valence-corrected chi connectivity index (χ0v) is 17.6. The summed E-state index contributed by atoms with van der Waals surface area (Å²) < 4.78 is 6.66. The van der Waals surface area contributed by atoms with E-state index in [-0.39, 0.29) is 22.3 Å². The average Bonchev–Trinajstić information content (AvgIpc) is 3.00. The van der Waals surface area contributed by atoms with E-state index in [4.69, 9.17) is 4.74 Å². The summed E-state index contributed by atoms with van der Waals surface area (Å²) in [5.41, 5.74) is 5.98. The maximum absolute atomic E-state index is 9.84. The predicted octanol–water partition coefficient (Wildman–Crippen LogP) is 6.36. The topological polar surface area (TPSA) is 29.5 Å². The summed E-state index contributed by atoms with van der Waals surface area (Å²) in [4.78, 5) is 0. The molecule has 0 amide bonds. The van der Waals surface area contributed by atoms with E-state index in [1.54, 1.807) is 0 Å². The third-order valence-electron chi connectivity index (χ3n) is 7.92. The molecule has 2 aliphatic carbocycles. The van der Waals surface area contributed by atoms with E-state index in [1.165, 1.54) is 47.9 Å². The summed E-state index contributed by atoms with van der Waals surface area (Å²) in [6.07, 6.45) is 7.34. The molecule has 2 heteroatoms. The monoisotopic (exact) mass is 376 g/mol. The van der Waals surface area contributed by atoms with Crippen molar-refractivity contribution in [3.05, 3.63) is 58.7 Å². The van der Waals surface area contributed by atoms with Crippen LogP contribution in [0.25, 0.3) is 0 Å². The summed E-state index contributed by atoms with van der Waals surface area (Å²) in [6, 6.07) is 12.8. The number of aromatic hydroxyl groups is 1. The predicted molar refractivity (Wildman–Crippen MR) is 113 cm³/mol. The molecule has 1 aliphatic heterocycles. The molecule has 3 aliphatic rings. The molecule has 0 aromatic heterocycles. The van der Waals surface area contributed by atoms with Crippen LogP contribution in [0.5, 0.6) is 11.5 Å². The Balaban J connectivity index is 1.76. The van der Waals surface area contributed by atoms with Crippen LogP contribution in [0.2, 0.25) is 0 Å². The standard InChI is InChI=1S/C26H32O2/c1-24(2)13-14-25(3,4)20-16-22-21(15-19(20)24)26(12-6-5-7-23(26)28-22)17-8-10-18(27)11-9-17/h8-11,15-16,23,27H,5-7,12-14H2,1-4H3.